The Morgan fingerprint density at radius 3 is 2.34 bits per heavy atom. The predicted octanol–water partition coefficient (Wildman–Crippen LogP) is 4.95. The fourth-order valence-electron chi connectivity index (χ4n) is 2.86. The molecule has 0 radical (unpaired) electrons. The van der Waals surface area contributed by atoms with Crippen LogP contribution in [0.5, 0.6) is 11.5 Å². The molecule has 0 saturated carbocycles. The van der Waals surface area contributed by atoms with Crippen LogP contribution >= 0.6 is 11.6 Å². The van der Waals surface area contributed by atoms with E-state index in [1.165, 1.54) is 19.2 Å². The fourth-order valence-corrected chi connectivity index (χ4v) is 4.24. The van der Waals surface area contributed by atoms with Gasteiger partial charge in [0.1, 0.15) is 16.4 Å². The molecule has 3 aromatic rings. The molecule has 0 heterocycles. The van der Waals surface area contributed by atoms with Gasteiger partial charge in [0.15, 0.2) is 0 Å². The van der Waals surface area contributed by atoms with E-state index in [9.17, 15) is 13.2 Å². The Kier molecular flexibility index (Phi) is 7.97. The topological polar surface area (TPSA) is 93.7 Å². The van der Waals surface area contributed by atoms with Gasteiger partial charge in [-0.05, 0) is 61.0 Å². The molecule has 0 aliphatic heterocycles. The molecule has 9 heteroatoms. The van der Waals surface area contributed by atoms with E-state index in [1.54, 1.807) is 30.3 Å². The molecule has 0 aromatic heterocycles. The average molecular weight is 475 g/mol. The normalized spacial score (nSPS) is 10.9. The number of benzene rings is 3. The van der Waals surface area contributed by atoms with Crippen LogP contribution in [0.15, 0.2) is 77.7 Å². The maximum absolute atomic E-state index is 12.9. The van der Waals surface area contributed by atoms with E-state index in [4.69, 9.17) is 21.1 Å². The van der Waals surface area contributed by atoms with Crippen LogP contribution in [0.2, 0.25) is 5.02 Å². The van der Waals surface area contributed by atoms with Gasteiger partial charge >= 0.3 is 0 Å². The van der Waals surface area contributed by atoms with Crippen molar-refractivity contribution in [1.82, 2.24) is 0 Å². The van der Waals surface area contributed by atoms with Crippen molar-refractivity contribution in [2.24, 2.45) is 0 Å². The molecule has 2 N–H and O–H groups in total. The highest BCUT2D eigenvalue weighted by Gasteiger charge is 2.21. The number of methoxy groups -OCH3 is 1. The first-order chi connectivity index (χ1) is 15.4. The van der Waals surface area contributed by atoms with E-state index >= 15 is 0 Å². The summed E-state index contributed by atoms with van der Waals surface area (Å²) in [6, 6.07) is 20.0. The molecule has 3 rings (SSSR count). The van der Waals surface area contributed by atoms with E-state index in [0.717, 1.165) is 5.75 Å². The maximum Gasteiger partial charge on any atom is 0.265 e. The van der Waals surface area contributed by atoms with E-state index in [-0.39, 0.29) is 23.0 Å². The Balaban J connectivity index is 1.63. The second kappa shape index (κ2) is 10.9. The van der Waals surface area contributed by atoms with Crippen LogP contribution in [0.1, 0.15) is 12.8 Å². The van der Waals surface area contributed by atoms with Gasteiger partial charge < -0.3 is 14.8 Å². The number of carbonyl (C=O) groups excluding carboxylic acids is 1. The molecular formula is C23H23ClN2O5S. The summed E-state index contributed by atoms with van der Waals surface area (Å²) in [5, 5.41) is 3.21. The summed E-state index contributed by atoms with van der Waals surface area (Å²) in [7, 11) is -2.59. The Bertz CT molecular complexity index is 1150. The predicted molar refractivity (Wildman–Crippen MR) is 125 cm³/mol. The third-order valence-corrected chi connectivity index (χ3v) is 6.05. The van der Waals surface area contributed by atoms with Crippen LogP contribution < -0.4 is 19.5 Å². The lowest BCUT2D eigenvalue weighted by Gasteiger charge is -2.14. The minimum Gasteiger partial charge on any atom is -0.495 e. The minimum absolute atomic E-state index is 0.0971. The second-order valence-electron chi connectivity index (χ2n) is 6.79. The molecule has 3 aromatic carbocycles. The summed E-state index contributed by atoms with van der Waals surface area (Å²) in [4.78, 5) is 12.2. The third-order valence-electron chi connectivity index (χ3n) is 4.39. The Hall–Kier alpha value is -3.23. The van der Waals surface area contributed by atoms with E-state index in [2.05, 4.69) is 10.0 Å². The number of ether oxygens (including phenoxy) is 2. The Morgan fingerprint density at radius 1 is 0.969 bits per heavy atom. The van der Waals surface area contributed by atoms with Gasteiger partial charge in [-0.15, -0.1) is 0 Å². The van der Waals surface area contributed by atoms with Crippen LogP contribution in [0.3, 0.4) is 0 Å². The molecule has 0 fully saturated rings. The van der Waals surface area contributed by atoms with Gasteiger partial charge in [0.05, 0.1) is 13.7 Å². The number of anilines is 2. The number of rotatable bonds is 10. The lowest BCUT2D eigenvalue weighted by Crippen LogP contribution is -2.16. The number of nitrogens with one attached hydrogen (secondary N) is 2. The minimum atomic E-state index is -3.97. The zero-order valence-corrected chi connectivity index (χ0v) is 18.9. The summed E-state index contributed by atoms with van der Waals surface area (Å²) < 4.78 is 39.0. The van der Waals surface area contributed by atoms with Crippen molar-refractivity contribution in [1.29, 1.82) is 0 Å². The van der Waals surface area contributed by atoms with Gasteiger partial charge in [-0.25, -0.2) is 8.42 Å². The number of hydrogen-bond acceptors (Lipinski definition) is 5. The summed E-state index contributed by atoms with van der Waals surface area (Å²) in [5.74, 6) is 0.646. The maximum atomic E-state index is 12.9. The van der Waals surface area contributed by atoms with Gasteiger partial charge in [0.2, 0.25) is 5.91 Å². The largest absolute Gasteiger partial charge is 0.495 e. The monoisotopic (exact) mass is 474 g/mol. The van der Waals surface area contributed by atoms with Crippen LogP contribution in [-0.4, -0.2) is 28.0 Å². The molecule has 0 aliphatic carbocycles. The quantitative estimate of drug-likeness (QED) is 0.405. The van der Waals surface area contributed by atoms with Gasteiger partial charge in [0, 0.05) is 22.8 Å². The number of carbonyl (C=O) groups is 1. The smallest absolute Gasteiger partial charge is 0.265 e. The molecule has 168 valence electrons. The number of amides is 1. The van der Waals surface area contributed by atoms with Crippen molar-refractivity contribution in [3.05, 3.63) is 77.8 Å². The molecule has 7 nitrogen and oxygen atoms in total. The van der Waals surface area contributed by atoms with Crippen molar-refractivity contribution in [3.63, 3.8) is 0 Å². The average Bonchev–Trinajstić information content (AvgIpc) is 2.79. The SMILES string of the molecule is COc1ccc(NC(=O)CCCOc2ccccc2)cc1S(=O)(=O)Nc1ccc(Cl)cc1. The van der Waals surface area contributed by atoms with E-state index in [1.807, 2.05) is 30.3 Å². The third kappa shape index (κ3) is 6.63. The van der Waals surface area contributed by atoms with Crippen molar-refractivity contribution in [3.8, 4) is 11.5 Å². The molecular weight excluding hydrogens is 452 g/mol. The highest BCUT2D eigenvalue weighted by Crippen LogP contribution is 2.29. The van der Waals surface area contributed by atoms with Crippen LogP contribution in [-0.2, 0) is 14.8 Å². The van der Waals surface area contributed by atoms with Gasteiger partial charge in [0.25, 0.3) is 10.0 Å². The molecule has 0 spiro atoms. The first-order valence-electron chi connectivity index (χ1n) is 9.81. The Morgan fingerprint density at radius 2 is 1.66 bits per heavy atom. The van der Waals surface area contributed by atoms with Gasteiger partial charge in [-0.2, -0.15) is 0 Å². The molecule has 32 heavy (non-hydrogen) atoms. The standard InChI is InChI=1S/C23H23ClN2O5S/c1-30-21-14-13-19(25-23(27)8-5-15-31-20-6-3-2-4-7-20)16-22(21)32(28,29)26-18-11-9-17(24)10-12-18/h2-4,6-7,9-14,16,26H,5,8,15H2,1H3,(H,25,27). The van der Waals surface area contributed by atoms with Gasteiger partial charge in [-0.1, -0.05) is 29.8 Å². The number of halogens is 1. The molecule has 0 saturated heterocycles. The van der Waals surface area contributed by atoms with Crippen molar-refractivity contribution >= 4 is 38.9 Å². The summed E-state index contributed by atoms with van der Waals surface area (Å²) >= 11 is 5.85. The number of para-hydroxylation sites is 1. The van der Waals surface area contributed by atoms with Crippen LogP contribution in [0.4, 0.5) is 11.4 Å². The van der Waals surface area contributed by atoms with Crippen molar-refractivity contribution < 1.29 is 22.7 Å². The van der Waals surface area contributed by atoms with Crippen LogP contribution in [0, 0.1) is 0 Å². The van der Waals surface area contributed by atoms with Crippen LogP contribution in [0.25, 0.3) is 0 Å². The lowest BCUT2D eigenvalue weighted by atomic mass is 10.2. The Labute approximate surface area is 192 Å². The zero-order chi connectivity index (χ0) is 23.0. The first kappa shape index (κ1) is 23.4. The van der Waals surface area contributed by atoms with E-state index < -0.39 is 10.0 Å². The molecule has 0 atom stereocenters. The highest BCUT2D eigenvalue weighted by molar-refractivity contribution is 7.92. The molecule has 0 bridgehead atoms. The van der Waals surface area contributed by atoms with Gasteiger partial charge in [-0.3, -0.25) is 9.52 Å². The number of hydrogen-bond donors (Lipinski definition) is 2. The lowest BCUT2D eigenvalue weighted by molar-refractivity contribution is -0.116. The zero-order valence-electron chi connectivity index (χ0n) is 17.4. The first-order valence-corrected chi connectivity index (χ1v) is 11.7. The summed E-state index contributed by atoms with van der Waals surface area (Å²) in [6.07, 6.45) is 0.740. The second-order valence-corrected chi connectivity index (χ2v) is 8.88. The molecule has 0 unspecified atom stereocenters. The summed E-state index contributed by atoms with van der Waals surface area (Å²) in [6.45, 7) is 0.394. The van der Waals surface area contributed by atoms with Crippen molar-refractivity contribution in [2.45, 2.75) is 17.7 Å². The molecule has 0 aliphatic rings. The highest BCUT2D eigenvalue weighted by atomic mass is 35.5. The van der Waals surface area contributed by atoms with Crippen molar-refractivity contribution in [2.75, 3.05) is 23.8 Å². The summed E-state index contributed by atoms with van der Waals surface area (Å²) in [5.41, 5.74) is 0.695. The van der Waals surface area contributed by atoms with E-state index in [0.29, 0.717) is 29.4 Å². The number of sulfonamides is 1. The fraction of sp³-hybridized carbons (Fsp3) is 0.174. The molecule has 1 amide bonds.